The molecule has 0 radical (unpaired) electrons. The molecule has 0 saturated heterocycles. The molecular formula is C11H15FN2. The fraction of sp³-hybridized carbons (Fsp3) is 0.455. The van der Waals surface area contributed by atoms with Crippen LogP contribution in [-0.4, -0.2) is 5.54 Å². The smallest absolute Gasteiger partial charge is 0.126 e. The average molecular weight is 194 g/mol. The molecule has 0 heterocycles. The molecule has 2 rings (SSSR count). The first-order valence-electron chi connectivity index (χ1n) is 4.83. The van der Waals surface area contributed by atoms with E-state index in [1.54, 1.807) is 19.1 Å². The Morgan fingerprint density at radius 3 is 2.57 bits per heavy atom. The van der Waals surface area contributed by atoms with Crippen LogP contribution in [0.1, 0.15) is 30.0 Å². The molecule has 3 heteroatoms. The van der Waals surface area contributed by atoms with Gasteiger partial charge in [0.2, 0.25) is 0 Å². The summed E-state index contributed by atoms with van der Waals surface area (Å²) in [5, 5.41) is 0. The maximum absolute atomic E-state index is 13.0. The van der Waals surface area contributed by atoms with Crippen LogP contribution in [0.15, 0.2) is 18.2 Å². The normalized spacial score (nSPS) is 20.6. The van der Waals surface area contributed by atoms with Crippen LogP contribution in [0.3, 0.4) is 0 Å². The second-order valence-electron chi connectivity index (χ2n) is 4.22. The summed E-state index contributed by atoms with van der Waals surface area (Å²) in [6.45, 7) is 1.74. The van der Waals surface area contributed by atoms with Gasteiger partial charge in [-0.25, -0.2) is 4.39 Å². The Kier molecular flexibility index (Phi) is 2.09. The summed E-state index contributed by atoms with van der Waals surface area (Å²) in [5.41, 5.74) is 13.3. The third-order valence-corrected chi connectivity index (χ3v) is 2.99. The fourth-order valence-electron chi connectivity index (χ4n) is 1.65. The Bertz CT molecular complexity index is 358. The highest BCUT2D eigenvalue weighted by atomic mass is 19.1. The molecule has 14 heavy (non-hydrogen) atoms. The van der Waals surface area contributed by atoms with E-state index in [1.807, 2.05) is 0 Å². The lowest BCUT2D eigenvalue weighted by molar-refractivity contribution is 0.533. The molecule has 1 saturated carbocycles. The Hall–Kier alpha value is -0.930. The van der Waals surface area contributed by atoms with Crippen LogP contribution < -0.4 is 11.5 Å². The van der Waals surface area contributed by atoms with Crippen molar-refractivity contribution in [3.05, 3.63) is 35.1 Å². The molecule has 76 valence electrons. The second kappa shape index (κ2) is 3.04. The summed E-state index contributed by atoms with van der Waals surface area (Å²) in [7, 11) is 0. The van der Waals surface area contributed by atoms with Gasteiger partial charge in [0.15, 0.2) is 0 Å². The first kappa shape index (κ1) is 9.62. The van der Waals surface area contributed by atoms with Crippen LogP contribution in [0.25, 0.3) is 0 Å². The molecule has 0 amide bonds. The standard InChI is InChI=1S/C11H15FN2/c1-7-6-8(2-3-9(7)12)10(13)11(14)4-5-11/h2-3,6,10H,4-5,13-14H2,1H3. The number of aryl methyl sites for hydroxylation is 1. The molecule has 0 spiro atoms. The Labute approximate surface area is 83.1 Å². The van der Waals surface area contributed by atoms with Crippen LogP contribution >= 0.6 is 0 Å². The zero-order valence-corrected chi connectivity index (χ0v) is 8.26. The van der Waals surface area contributed by atoms with E-state index in [0.29, 0.717) is 5.56 Å². The first-order chi connectivity index (χ1) is 6.53. The maximum Gasteiger partial charge on any atom is 0.126 e. The minimum Gasteiger partial charge on any atom is -0.323 e. The highest BCUT2D eigenvalue weighted by Gasteiger charge is 2.44. The van der Waals surface area contributed by atoms with Gasteiger partial charge in [0, 0.05) is 11.6 Å². The molecule has 1 atom stereocenters. The van der Waals surface area contributed by atoms with Gasteiger partial charge in [-0.15, -0.1) is 0 Å². The zero-order chi connectivity index (χ0) is 10.3. The quantitative estimate of drug-likeness (QED) is 0.751. The largest absolute Gasteiger partial charge is 0.323 e. The molecule has 0 aromatic heterocycles. The van der Waals surface area contributed by atoms with Gasteiger partial charge in [0.25, 0.3) is 0 Å². The number of benzene rings is 1. The van der Waals surface area contributed by atoms with Gasteiger partial charge in [0.1, 0.15) is 5.82 Å². The van der Waals surface area contributed by atoms with Gasteiger partial charge in [0.05, 0.1) is 0 Å². The molecule has 0 bridgehead atoms. The van der Waals surface area contributed by atoms with Gasteiger partial charge >= 0.3 is 0 Å². The predicted octanol–water partition coefficient (Wildman–Crippen LogP) is 1.63. The van der Waals surface area contributed by atoms with Crippen molar-refractivity contribution >= 4 is 0 Å². The molecule has 1 fully saturated rings. The molecule has 1 aliphatic rings. The van der Waals surface area contributed by atoms with Crippen molar-refractivity contribution in [1.29, 1.82) is 0 Å². The van der Waals surface area contributed by atoms with Crippen molar-refractivity contribution in [1.82, 2.24) is 0 Å². The van der Waals surface area contributed by atoms with Gasteiger partial charge in [-0.1, -0.05) is 12.1 Å². The Balaban J connectivity index is 2.28. The van der Waals surface area contributed by atoms with Gasteiger partial charge in [-0.3, -0.25) is 0 Å². The third kappa shape index (κ3) is 1.53. The molecule has 1 aliphatic carbocycles. The van der Waals surface area contributed by atoms with Crippen LogP contribution in [0.5, 0.6) is 0 Å². The van der Waals surface area contributed by atoms with E-state index < -0.39 is 0 Å². The topological polar surface area (TPSA) is 52.0 Å². The second-order valence-corrected chi connectivity index (χ2v) is 4.22. The number of nitrogens with two attached hydrogens (primary N) is 2. The van der Waals surface area contributed by atoms with E-state index in [-0.39, 0.29) is 17.4 Å². The lowest BCUT2D eigenvalue weighted by atomic mass is 9.97. The van der Waals surface area contributed by atoms with E-state index in [4.69, 9.17) is 11.5 Å². The minimum absolute atomic E-state index is 0.165. The van der Waals surface area contributed by atoms with Crippen LogP contribution in [0, 0.1) is 12.7 Å². The van der Waals surface area contributed by atoms with Crippen molar-refractivity contribution in [2.45, 2.75) is 31.3 Å². The predicted molar refractivity (Wildman–Crippen MR) is 54.2 cm³/mol. The number of halogens is 1. The van der Waals surface area contributed by atoms with Gasteiger partial charge in [-0.05, 0) is 37.0 Å². The Morgan fingerprint density at radius 1 is 1.43 bits per heavy atom. The molecule has 1 unspecified atom stereocenters. The fourth-order valence-corrected chi connectivity index (χ4v) is 1.65. The summed E-state index contributed by atoms with van der Waals surface area (Å²) < 4.78 is 13.0. The summed E-state index contributed by atoms with van der Waals surface area (Å²) >= 11 is 0. The molecule has 4 N–H and O–H groups in total. The number of hydrogen-bond acceptors (Lipinski definition) is 2. The van der Waals surface area contributed by atoms with Gasteiger partial charge in [-0.2, -0.15) is 0 Å². The summed E-state index contributed by atoms with van der Waals surface area (Å²) in [5.74, 6) is -0.192. The molecule has 2 nitrogen and oxygen atoms in total. The van der Waals surface area contributed by atoms with E-state index in [9.17, 15) is 4.39 Å². The van der Waals surface area contributed by atoms with Crippen molar-refractivity contribution in [2.75, 3.05) is 0 Å². The van der Waals surface area contributed by atoms with E-state index in [2.05, 4.69) is 0 Å². The van der Waals surface area contributed by atoms with Crippen molar-refractivity contribution < 1.29 is 4.39 Å². The summed E-state index contributed by atoms with van der Waals surface area (Å²) in [6.07, 6.45) is 1.93. The maximum atomic E-state index is 13.0. The SMILES string of the molecule is Cc1cc(C(N)C2(N)CC2)ccc1F. The van der Waals surface area contributed by atoms with Crippen molar-refractivity contribution in [2.24, 2.45) is 11.5 Å². The molecule has 1 aromatic carbocycles. The number of rotatable bonds is 2. The van der Waals surface area contributed by atoms with Crippen molar-refractivity contribution in [3.63, 3.8) is 0 Å². The van der Waals surface area contributed by atoms with Crippen LogP contribution in [0.4, 0.5) is 4.39 Å². The average Bonchev–Trinajstić information content (AvgIpc) is 2.89. The lowest BCUT2D eigenvalue weighted by Crippen LogP contribution is -2.36. The zero-order valence-electron chi connectivity index (χ0n) is 8.26. The van der Waals surface area contributed by atoms with E-state index in [1.165, 1.54) is 6.07 Å². The minimum atomic E-state index is -0.246. The molecule has 1 aromatic rings. The summed E-state index contributed by atoms with van der Waals surface area (Å²) in [4.78, 5) is 0. The highest BCUT2D eigenvalue weighted by molar-refractivity contribution is 5.30. The Morgan fingerprint density at radius 2 is 2.07 bits per heavy atom. The highest BCUT2D eigenvalue weighted by Crippen LogP contribution is 2.42. The van der Waals surface area contributed by atoms with Crippen molar-refractivity contribution in [3.8, 4) is 0 Å². The first-order valence-corrected chi connectivity index (χ1v) is 4.83. The van der Waals surface area contributed by atoms with E-state index in [0.717, 1.165) is 18.4 Å². The van der Waals surface area contributed by atoms with Crippen LogP contribution in [-0.2, 0) is 0 Å². The van der Waals surface area contributed by atoms with Gasteiger partial charge < -0.3 is 11.5 Å². The van der Waals surface area contributed by atoms with E-state index >= 15 is 0 Å². The van der Waals surface area contributed by atoms with Crippen LogP contribution in [0.2, 0.25) is 0 Å². The molecule has 0 aliphatic heterocycles. The lowest BCUT2D eigenvalue weighted by Gasteiger charge is -2.19. The monoisotopic (exact) mass is 194 g/mol. The number of hydrogen-bond donors (Lipinski definition) is 2. The summed E-state index contributed by atoms with van der Waals surface area (Å²) in [6, 6.07) is 4.80. The third-order valence-electron chi connectivity index (χ3n) is 2.99. The molecular weight excluding hydrogens is 179 g/mol.